The summed E-state index contributed by atoms with van der Waals surface area (Å²) in [7, 11) is 0. The van der Waals surface area contributed by atoms with Crippen molar-refractivity contribution in [2.45, 2.75) is 24.7 Å². The third-order valence-corrected chi connectivity index (χ3v) is 3.31. The van der Waals surface area contributed by atoms with E-state index in [0.29, 0.717) is 0 Å². The molecular formula is C13H14F4N3O2-. The zero-order valence-electron chi connectivity index (χ0n) is 11.6. The highest BCUT2D eigenvalue weighted by Gasteiger charge is 2.44. The Labute approximate surface area is 123 Å². The molecule has 0 radical (unpaired) electrons. The van der Waals surface area contributed by atoms with Crippen LogP contribution in [-0.4, -0.2) is 31.5 Å². The number of hydrogen-bond acceptors (Lipinski definition) is 4. The molecule has 2 atom stereocenters. The monoisotopic (exact) mass is 320 g/mol. The van der Waals surface area contributed by atoms with E-state index in [1.165, 1.54) is 19.1 Å². The standard InChI is InChI=1S/C13H14F4N3O2/c1-12(8-4-7(18)2-3-9(8)14)10(5-21-11(19)20-12)22-6-13(15,16)17/h2-4,10,18H,5-6H2,1H3,(H2,19,20)/q-1/t10-,12+/m0/s1. The smallest absolute Gasteiger partial charge is 0.411 e. The van der Waals surface area contributed by atoms with Crippen molar-refractivity contribution in [3.8, 4) is 0 Å². The lowest BCUT2D eigenvalue weighted by Crippen LogP contribution is -2.48. The summed E-state index contributed by atoms with van der Waals surface area (Å²) in [4.78, 5) is 3.92. The van der Waals surface area contributed by atoms with Gasteiger partial charge in [-0.3, -0.25) is 0 Å². The summed E-state index contributed by atoms with van der Waals surface area (Å²) in [6, 6.07) is 3.18. The number of benzene rings is 1. The van der Waals surface area contributed by atoms with Crippen LogP contribution in [0.15, 0.2) is 23.2 Å². The highest BCUT2D eigenvalue weighted by atomic mass is 19.4. The van der Waals surface area contributed by atoms with Crippen molar-refractivity contribution in [1.82, 2.24) is 0 Å². The zero-order chi connectivity index (χ0) is 16.5. The molecule has 1 heterocycles. The van der Waals surface area contributed by atoms with E-state index in [-0.39, 0.29) is 23.9 Å². The normalized spacial score (nSPS) is 25.5. The summed E-state index contributed by atoms with van der Waals surface area (Å²) in [6.45, 7) is -0.431. The molecule has 1 aromatic carbocycles. The second kappa shape index (κ2) is 5.64. The molecule has 1 aliphatic heterocycles. The van der Waals surface area contributed by atoms with Crippen molar-refractivity contribution in [2.24, 2.45) is 10.7 Å². The summed E-state index contributed by atoms with van der Waals surface area (Å²) >= 11 is 0. The Kier molecular flexibility index (Phi) is 4.19. The van der Waals surface area contributed by atoms with E-state index in [9.17, 15) is 17.6 Å². The van der Waals surface area contributed by atoms with Crippen LogP contribution in [0.25, 0.3) is 5.73 Å². The van der Waals surface area contributed by atoms with Crippen LogP contribution in [0.4, 0.5) is 23.2 Å². The molecule has 2 rings (SSSR count). The lowest BCUT2D eigenvalue weighted by atomic mass is 9.85. The fourth-order valence-corrected chi connectivity index (χ4v) is 2.21. The van der Waals surface area contributed by atoms with E-state index in [1.807, 2.05) is 0 Å². The first-order chi connectivity index (χ1) is 10.1. The maximum absolute atomic E-state index is 14.1. The molecule has 0 aromatic heterocycles. The summed E-state index contributed by atoms with van der Waals surface area (Å²) in [5, 5.41) is 0. The largest absolute Gasteiger partial charge is 0.699 e. The molecule has 5 nitrogen and oxygen atoms in total. The minimum atomic E-state index is -4.54. The molecule has 22 heavy (non-hydrogen) atoms. The summed E-state index contributed by atoms with van der Waals surface area (Å²) in [5.41, 5.74) is 11.4. The second-order valence-corrected chi connectivity index (χ2v) is 5.02. The highest BCUT2D eigenvalue weighted by Crippen LogP contribution is 2.37. The molecular weight excluding hydrogens is 306 g/mol. The Morgan fingerprint density at radius 2 is 2.18 bits per heavy atom. The number of rotatable bonds is 3. The molecule has 0 unspecified atom stereocenters. The predicted octanol–water partition coefficient (Wildman–Crippen LogP) is 3.02. The van der Waals surface area contributed by atoms with Crippen molar-refractivity contribution in [1.29, 1.82) is 0 Å². The van der Waals surface area contributed by atoms with E-state index < -0.39 is 30.2 Å². The van der Waals surface area contributed by atoms with Gasteiger partial charge in [0.15, 0.2) is 0 Å². The van der Waals surface area contributed by atoms with E-state index >= 15 is 0 Å². The van der Waals surface area contributed by atoms with Gasteiger partial charge in [0, 0.05) is 5.56 Å². The van der Waals surface area contributed by atoms with Gasteiger partial charge >= 0.3 is 6.18 Å². The maximum atomic E-state index is 14.1. The molecule has 0 amide bonds. The van der Waals surface area contributed by atoms with Crippen LogP contribution in [0.2, 0.25) is 0 Å². The molecule has 122 valence electrons. The Bertz CT molecular complexity index is 591. The second-order valence-electron chi connectivity index (χ2n) is 5.02. The minimum absolute atomic E-state index is 0.00698. The van der Waals surface area contributed by atoms with Crippen molar-refractivity contribution in [3.05, 3.63) is 35.3 Å². The van der Waals surface area contributed by atoms with Crippen LogP contribution in [0.1, 0.15) is 12.5 Å². The Morgan fingerprint density at radius 3 is 2.82 bits per heavy atom. The van der Waals surface area contributed by atoms with Crippen LogP contribution in [0.3, 0.4) is 0 Å². The van der Waals surface area contributed by atoms with E-state index in [1.54, 1.807) is 0 Å². The van der Waals surface area contributed by atoms with Gasteiger partial charge in [0.05, 0.1) is 0 Å². The number of alkyl halides is 3. The molecule has 3 N–H and O–H groups in total. The molecule has 1 aliphatic rings. The van der Waals surface area contributed by atoms with Gasteiger partial charge in [0.2, 0.25) is 0 Å². The summed E-state index contributed by atoms with van der Waals surface area (Å²) < 4.78 is 60.9. The average Bonchev–Trinajstić information content (AvgIpc) is 2.39. The number of halogens is 4. The number of nitrogens with zero attached hydrogens (tertiary/aromatic N) is 1. The highest BCUT2D eigenvalue weighted by molar-refractivity contribution is 5.73. The van der Waals surface area contributed by atoms with Crippen LogP contribution in [-0.2, 0) is 15.0 Å². The molecule has 0 saturated heterocycles. The number of hydrogen-bond donors (Lipinski definition) is 1. The van der Waals surface area contributed by atoms with Gasteiger partial charge in [-0.05, 0) is 13.0 Å². The predicted molar refractivity (Wildman–Crippen MR) is 71.1 cm³/mol. The molecule has 0 spiro atoms. The van der Waals surface area contributed by atoms with Crippen molar-refractivity contribution >= 4 is 11.7 Å². The van der Waals surface area contributed by atoms with Gasteiger partial charge in [0.1, 0.15) is 30.7 Å². The van der Waals surface area contributed by atoms with Gasteiger partial charge < -0.3 is 20.9 Å². The first-order valence-electron chi connectivity index (χ1n) is 6.30. The first-order valence-corrected chi connectivity index (χ1v) is 6.30. The molecule has 0 fully saturated rings. The number of nitrogens with one attached hydrogen (secondary N) is 1. The van der Waals surface area contributed by atoms with Crippen molar-refractivity contribution < 1.29 is 27.0 Å². The lowest BCUT2D eigenvalue weighted by Gasteiger charge is -2.38. The minimum Gasteiger partial charge on any atom is -0.699 e. The number of ether oxygens (including phenoxy) is 2. The van der Waals surface area contributed by atoms with Crippen LogP contribution in [0, 0.1) is 5.82 Å². The first kappa shape index (κ1) is 16.3. The number of nitrogens with two attached hydrogens (primary N) is 1. The quantitative estimate of drug-likeness (QED) is 0.869. The molecule has 1 aromatic rings. The third kappa shape index (κ3) is 3.41. The fourth-order valence-electron chi connectivity index (χ4n) is 2.21. The zero-order valence-corrected chi connectivity index (χ0v) is 11.6. The maximum Gasteiger partial charge on any atom is 0.411 e. The van der Waals surface area contributed by atoms with Gasteiger partial charge in [-0.25, -0.2) is 9.38 Å². The number of aliphatic imine (C=N–C) groups is 1. The summed E-state index contributed by atoms with van der Waals surface area (Å²) in [6.07, 6.45) is -5.73. The van der Waals surface area contributed by atoms with Crippen LogP contribution >= 0.6 is 0 Å². The SMILES string of the molecule is C[C@]1(c2cc([NH-])ccc2F)N=C(N)OC[C@@H]1OCC(F)(F)F. The molecule has 9 heteroatoms. The summed E-state index contributed by atoms with van der Waals surface area (Å²) in [5.74, 6) is -0.711. The van der Waals surface area contributed by atoms with Gasteiger partial charge in [0.25, 0.3) is 6.02 Å². The Morgan fingerprint density at radius 1 is 1.50 bits per heavy atom. The van der Waals surface area contributed by atoms with Crippen LogP contribution in [0.5, 0.6) is 0 Å². The van der Waals surface area contributed by atoms with E-state index in [0.717, 1.165) is 6.07 Å². The van der Waals surface area contributed by atoms with Gasteiger partial charge in [-0.1, -0.05) is 12.1 Å². The molecule has 0 bridgehead atoms. The Balaban J connectivity index is 2.40. The van der Waals surface area contributed by atoms with E-state index in [2.05, 4.69) is 4.99 Å². The third-order valence-electron chi connectivity index (χ3n) is 3.31. The van der Waals surface area contributed by atoms with Crippen molar-refractivity contribution in [2.75, 3.05) is 13.2 Å². The molecule has 0 aliphatic carbocycles. The van der Waals surface area contributed by atoms with Crippen molar-refractivity contribution in [3.63, 3.8) is 0 Å². The fraction of sp³-hybridized carbons (Fsp3) is 0.462. The van der Waals surface area contributed by atoms with Gasteiger partial charge in [-0.15, -0.1) is 5.69 Å². The molecule has 0 saturated carbocycles. The van der Waals surface area contributed by atoms with E-state index in [4.69, 9.17) is 20.9 Å². The lowest BCUT2D eigenvalue weighted by molar-refractivity contribution is -0.197. The topological polar surface area (TPSA) is 80.6 Å². The number of amidine groups is 1. The van der Waals surface area contributed by atoms with Gasteiger partial charge in [-0.2, -0.15) is 13.2 Å². The van der Waals surface area contributed by atoms with Crippen LogP contribution < -0.4 is 5.73 Å². The average molecular weight is 320 g/mol. The Hall–Kier alpha value is -2.03.